The molecular formula is C16H20F11NO3. The van der Waals surface area contributed by atoms with Crippen molar-refractivity contribution < 1.29 is 62.5 Å². The van der Waals surface area contributed by atoms with Crippen LogP contribution in [0, 0.1) is 5.41 Å². The molecule has 5 unspecified atom stereocenters. The van der Waals surface area contributed by atoms with Crippen LogP contribution >= 0.6 is 0 Å². The Morgan fingerprint density at radius 1 is 0.871 bits per heavy atom. The van der Waals surface area contributed by atoms with Gasteiger partial charge in [-0.1, -0.05) is 0 Å². The molecule has 2 saturated heterocycles. The van der Waals surface area contributed by atoms with Gasteiger partial charge in [-0.3, -0.25) is 4.90 Å². The molecule has 2 fully saturated rings. The van der Waals surface area contributed by atoms with E-state index in [-0.39, 0.29) is 13.2 Å². The number of morpholine rings is 1. The SMILES string of the molecule is CC1(C(F)(F)C(F)C(F)(F)F)COCC(C(F)(C(F)N2CCOCC2)C(F)(F)F)OC1. The molecule has 2 aliphatic rings. The monoisotopic (exact) mass is 483 g/mol. The van der Waals surface area contributed by atoms with E-state index in [1.54, 1.807) is 0 Å². The predicted octanol–water partition coefficient (Wildman–Crippen LogP) is 3.84. The highest BCUT2D eigenvalue weighted by Crippen LogP contribution is 2.49. The lowest BCUT2D eigenvalue weighted by atomic mass is 9.82. The Morgan fingerprint density at radius 2 is 1.42 bits per heavy atom. The minimum atomic E-state index is -5.99. The fraction of sp³-hybridized carbons (Fsp3) is 1.00. The summed E-state index contributed by atoms with van der Waals surface area (Å²) in [5, 5.41) is 0. The highest BCUT2D eigenvalue weighted by molar-refractivity contribution is 5.04. The quantitative estimate of drug-likeness (QED) is 0.440. The van der Waals surface area contributed by atoms with Crippen LogP contribution in [0.1, 0.15) is 6.92 Å². The highest BCUT2D eigenvalue weighted by Gasteiger charge is 2.71. The molecule has 4 nitrogen and oxygen atoms in total. The first-order valence-corrected chi connectivity index (χ1v) is 8.98. The van der Waals surface area contributed by atoms with Crippen molar-refractivity contribution in [1.82, 2.24) is 4.90 Å². The number of hydrogen-bond acceptors (Lipinski definition) is 4. The summed E-state index contributed by atoms with van der Waals surface area (Å²) in [4.78, 5) is 0.473. The molecule has 0 radical (unpaired) electrons. The first kappa shape index (κ1) is 26.3. The van der Waals surface area contributed by atoms with E-state index < -0.39 is 80.8 Å². The maximum Gasteiger partial charge on any atom is 0.429 e. The molecule has 5 atom stereocenters. The Labute approximate surface area is 169 Å². The molecule has 0 N–H and O–H groups in total. The maximum absolute atomic E-state index is 15.2. The fourth-order valence-corrected chi connectivity index (χ4v) is 3.25. The lowest BCUT2D eigenvalue weighted by molar-refractivity contribution is -0.311. The molecule has 2 heterocycles. The first-order chi connectivity index (χ1) is 14.0. The maximum atomic E-state index is 15.2. The van der Waals surface area contributed by atoms with Crippen molar-refractivity contribution in [2.45, 2.75) is 49.4 Å². The van der Waals surface area contributed by atoms with E-state index in [0.717, 1.165) is 0 Å². The van der Waals surface area contributed by atoms with Gasteiger partial charge >= 0.3 is 12.4 Å². The third-order valence-corrected chi connectivity index (χ3v) is 5.32. The molecule has 0 spiro atoms. The van der Waals surface area contributed by atoms with Crippen LogP contribution in [-0.4, -0.2) is 93.5 Å². The molecule has 0 aliphatic carbocycles. The third kappa shape index (κ3) is 4.88. The largest absolute Gasteiger partial charge is 0.429 e. The lowest BCUT2D eigenvalue weighted by Crippen LogP contribution is -2.65. The highest BCUT2D eigenvalue weighted by atomic mass is 19.4. The molecule has 184 valence electrons. The van der Waals surface area contributed by atoms with E-state index in [0.29, 0.717) is 11.8 Å². The van der Waals surface area contributed by atoms with E-state index >= 15 is 4.39 Å². The lowest BCUT2D eigenvalue weighted by Gasteiger charge is -2.42. The summed E-state index contributed by atoms with van der Waals surface area (Å²) >= 11 is 0. The minimum Gasteiger partial charge on any atom is -0.379 e. The second-order valence-electron chi connectivity index (χ2n) is 7.65. The van der Waals surface area contributed by atoms with Gasteiger partial charge in [0.15, 0.2) is 6.30 Å². The van der Waals surface area contributed by atoms with Crippen LogP contribution in [0.4, 0.5) is 48.3 Å². The molecule has 0 amide bonds. The second-order valence-corrected chi connectivity index (χ2v) is 7.65. The standard InChI is InChI=1S/C16H20F11NO3/c1-12(14(20,21)10(17)15(22,23)24)7-30-6-9(31-8-12)13(19,16(25,26)27)11(18)28-2-4-29-5-3-28/h9-11H,2-8H2,1H3. The van der Waals surface area contributed by atoms with Gasteiger partial charge in [-0.05, 0) is 6.92 Å². The van der Waals surface area contributed by atoms with Crippen molar-refractivity contribution in [3.8, 4) is 0 Å². The van der Waals surface area contributed by atoms with E-state index in [1.165, 1.54) is 0 Å². The van der Waals surface area contributed by atoms with Crippen LogP contribution in [0.5, 0.6) is 0 Å². The van der Waals surface area contributed by atoms with Gasteiger partial charge in [0.1, 0.15) is 6.10 Å². The number of rotatable bonds is 5. The zero-order valence-corrected chi connectivity index (χ0v) is 16.0. The van der Waals surface area contributed by atoms with Gasteiger partial charge in [0.2, 0.25) is 0 Å². The number of alkyl halides is 11. The normalized spacial score (nSPS) is 31.5. The fourth-order valence-electron chi connectivity index (χ4n) is 3.25. The van der Waals surface area contributed by atoms with Crippen LogP contribution in [0.2, 0.25) is 0 Å². The van der Waals surface area contributed by atoms with Crippen LogP contribution in [0.15, 0.2) is 0 Å². The molecule has 15 heteroatoms. The summed E-state index contributed by atoms with van der Waals surface area (Å²) in [5.41, 5.74) is -7.89. The summed E-state index contributed by atoms with van der Waals surface area (Å²) < 4.78 is 164. The van der Waals surface area contributed by atoms with E-state index in [9.17, 15) is 43.9 Å². The molecule has 0 saturated carbocycles. The van der Waals surface area contributed by atoms with Gasteiger partial charge in [-0.2, -0.15) is 26.3 Å². The zero-order chi connectivity index (χ0) is 23.9. The summed E-state index contributed by atoms with van der Waals surface area (Å²) in [5.74, 6) is -5.20. The molecule has 0 aromatic carbocycles. The van der Waals surface area contributed by atoms with Crippen molar-refractivity contribution in [2.75, 3.05) is 46.1 Å². The van der Waals surface area contributed by atoms with Crippen molar-refractivity contribution in [1.29, 1.82) is 0 Å². The van der Waals surface area contributed by atoms with Crippen LogP contribution in [-0.2, 0) is 14.2 Å². The van der Waals surface area contributed by atoms with Crippen molar-refractivity contribution in [2.24, 2.45) is 5.41 Å². The van der Waals surface area contributed by atoms with Gasteiger partial charge < -0.3 is 14.2 Å². The topological polar surface area (TPSA) is 30.9 Å². The average molecular weight is 483 g/mol. The van der Waals surface area contributed by atoms with Gasteiger partial charge in [-0.15, -0.1) is 0 Å². The third-order valence-electron chi connectivity index (χ3n) is 5.32. The minimum absolute atomic E-state index is 0.198. The number of halogens is 11. The first-order valence-electron chi connectivity index (χ1n) is 8.98. The van der Waals surface area contributed by atoms with Gasteiger partial charge in [0.05, 0.1) is 38.4 Å². The smallest absolute Gasteiger partial charge is 0.379 e. The van der Waals surface area contributed by atoms with Crippen LogP contribution in [0.3, 0.4) is 0 Å². The zero-order valence-electron chi connectivity index (χ0n) is 16.0. The molecule has 2 aliphatic heterocycles. The molecule has 2 rings (SSSR count). The Bertz CT molecular complexity index is 611. The van der Waals surface area contributed by atoms with E-state index in [1.807, 2.05) is 0 Å². The average Bonchev–Trinajstić information content (AvgIpc) is 2.88. The summed E-state index contributed by atoms with van der Waals surface area (Å²) in [6, 6.07) is 0. The van der Waals surface area contributed by atoms with Crippen LogP contribution < -0.4 is 0 Å². The van der Waals surface area contributed by atoms with Crippen molar-refractivity contribution in [3.63, 3.8) is 0 Å². The molecular weight excluding hydrogens is 463 g/mol. The summed E-state index contributed by atoms with van der Waals surface area (Å²) in [6.45, 7) is -5.30. The van der Waals surface area contributed by atoms with Gasteiger partial charge in [-0.25, -0.2) is 22.0 Å². The van der Waals surface area contributed by atoms with E-state index in [2.05, 4.69) is 9.47 Å². The van der Waals surface area contributed by atoms with Crippen LogP contribution in [0.25, 0.3) is 0 Å². The molecule has 0 aromatic heterocycles. The summed E-state index contributed by atoms with van der Waals surface area (Å²) in [6.07, 6.45) is -22.8. The van der Waals surface area contributed by atoms with Gasteiger partial charge in [0.25, 0.3) is 17.8 Å². The number of ether oxygens (including phenoxy) is 3. The molecule has 31 heavy (non-hydrogen) atoms. The Kier molecular flexibility index (Phi) is 7.46. The van der Waals surface area contributed by atoms with Crippen molar-refractivity contribution >= 4 is 0 Å². The number of nitrogens with zero attached hydrogens (tertiary/aromatic N) is 1. The number of hydrogen-bond donors (Lipinski definition) is 0. The molecule has 0 aromatic rings. The predicted molar refractivity (Wildman–Crippen MR) is 81.7 cm³/mol. The Morgan fingerprint density at radius 3 is 1.90 bits per heavy atom. The van der Waals surface area contributed by atoms with Gasteiger partial charge in [0, 0.05) is 13.1 Å². The van der Waals surface area contributed by atoms with E-state index in [4.69, 9.17) is 4.74 Å². The van der Waals surface area contributed by atoms with Crippen molar-refractivity contribution in [3.05, 3.63) is 0 Å². The Hall–Kier alpha value is -0.930. The molecule has 0 bridgehead atoms. The Balaban J connectivity index is 2.30. The second kappa shape index (κ2) is 8.78. The summed E-state index contributed by atoms with van der Waals surface area (Å²) in [7, 11) is 0.